The third-order valence-corrected chi connectivity index (χ3v) is 4.99. The molecule has 0 aliphatic carbocycles. The van der Waals surface area contributed by atoms with E-state index in [-0.39, 0.29) is 11.8 Å². The highest BCUT2D eigenvalue weighted by Gasteiger charge is 2.08. The number of carbonyl (C=O) groups excluding carboxylic acids is 2. The number of hydrogen-bond donors (Lipinski definition) is 2. The third kappa shape index (κ3) is 6.35. The van der Waals surface area contributed by atoms with Crippen molar-refractivity contribution >= 4 is 34.5 Å². The van der Waals surface area contributed by atoms with E-state index < -0.39 is 0 Å². The highest BCUT2D eigenvalue weighted by molar-refractivity contribution is 7.12. The number of carbonyl (C=O) groups is 2. The van der Waals surface area contributed by atoms with Crippen molar-refractivity contribution in [1.29, 1.82) is 0 Å². The van der Waals surface area contributed by atoms with Crippen LogP contribution in [0.25, 0.3) is 0 Å². The van der Waals surface area contributed by atoms with Crippen LogP contribution in [-0.4, -0.2) is 25.0 Å². The molecular weight excluding hydrogens is 400 g/mol. The predicted octanol–water partition coefficient (Wildman–Crippen LogP) is 5.20. The van der Waals surface area contributed by atoms with Crippen molar-refractivity contribution in [3.63, 3.8) is 0 Å². The Balaban J connectivity index is 1.40. The molecule has 6 nitrogen and oxygen atoms in total. The summed E-state index contributed by atoms with van der Waals surface area (Å²) < 4.78 is 11.2. The van der Waals surface area contributed by atoms with E-state index in [9.17, 15) is 9.59 Å². The number of rotatable bonds is 10. The minimum Gasteiger partial charge on any atom is -0.490 e. The van der Waals surface area contributed by atoms with Gasteiger partial charge in [0, 0.05) is 17.8 Å². The maximum atomic E-state index is 12.2. The molecule has 0 unspecified atom stereocenters. The minimum absolute atomic E-state index is 0.0907. The van der Waals surface area contributed by atoms with Crippen LogP contribution in [0.1, 0.15) is 29.4 Å². The zero-order valence-electron chi connectivity index (χ0n) is 16.7. The van der Waals surface area contributed by atoms with Crippen LogP contribution < -0.4 is 20.1 Å². The fourth-order valence-corrected chi connectivity index (χ4v) is 3.34. The zero-order chi connectivity index (χ0) is 21.2. The number of para-hydroxylation sites is 2. The smallest absolute Gasteiger partial charge is 0.265 e. The molecule has 2 aromatic carbocycles. The lowest BCUT2D eigenvalue weighted by atomic mass is 10.2. The lowest BCUT2D eigenvalue weighted by Gasteiger charge is -2.11. The number of nitrogens with one attached hydrogen (secondary N) is 2. The van der Waals surface area contributed by atoms with Gasteiger partial charge in [-0.1, -0.05) is 18.2 Å². The Morgan fingerprint density at radius 3 is 2.17 bits per heavy atom. The second kappa shape index (κ2) is 11.0. The first-order valence-electron chi connectivity index (χ1n) is 9.75. The topological polar surface area (TPSA) is 76.7 Å². The van der Waals surface area contributed by atoms with Gasteiger partial charge in [0.15, 0.2) is 11.5 Å². The molecule has 0 aliphatic heterocycles. The molecule has 0 atom stereocenters. The lowest BCUT2D eigenvalue weighted by molar-refractivity contribution is -0.116. The Hall–Kier alpha value is -3.32. The maximum absolute atomic E-state index is 12.2. The van der Waals surface area contributed by atoms with E-state index in [1.807, 2.05) is 42.6 Å². The van der Waals surface area contributed by atoms with Crippen LogP contribution in [0.5, 0.6) is 11.5 Å². The first-order chi connectivity index (χ1) is 14.7. The lowest BCUT2D eigenvalue weighted by Crippen LogP contribution is -2.13. The molecule has 1 aromatic heterocycles. The SMILES string of the molecule is CCOc1ccccc1OCCCC(=O)Nc1ccc(NC(=O)c2cccs2)cc1. The van der Waals surface area contributed by atoms with Crippen molar-refractivity contribution in [1.82, 2.24) is 0 Å². The molecule has 0 radical (unpaired) electrons. The van der Waals surface area contributed by atoms with Crippen molar-refractivity contribution in [2.45, 2.75) is 19.8 Å². The van der Waals surface area contributed by atoms with Crippen LogP contribution in [0.3, 0.4) is 0 Å². The third-order valence-electron chi connectivity index (χ3n) is 4.13. The summed E-state index contributed by atoms with van der Waals surface area (Å²) in [5.74, 6) is 1.15. The van der Waals surface area contributed by atoms with Gasteiger partial charge in [-0.05, 0) is 61.2 Å². The van der Waals surface area contributed by atoms with Gasteiger partial charge in [-0.2, -0.15) is 0 Å². The monoisotopic (exact) mass is 424 g/mol. The van der Waals surface area contributed by atoms with E-state index in [4.69, 9.17) is 9.47 Å². The second-order valence-electron chi connectivity index (χ2n) is 6.39. The molecule has 1 heterocycles. The molecule has 2 amide bonds. The fourth-order valence-electron chi connectivity index (χ4n) is 2.72. The van der Waals surface area contributed by atoms with Crippen molar-refractivity contribution in [2.24, 2.45) is 0 Å². The molecule has 156 valence electrons. The first-order valence-corrected chi connectivity index (χ1v) is 10.6. The highest BCUT2D eigenvalue weighted by atomic mass is 32.1. The van der Waals surface area contributed by atoms with Crippen LogP contribution in [-0.2, 0) is 4.79 Å². The number of benzene rings is 2. The van der Waals surface area contributed by atoms with Gasteiger partial charge in [-0.3, -0.25) is 9.59 Å². The van der Waals surface area contributed by atoms with E-state index in [1.165, 1.54) is 11.3 Å². The molecule has 0 aliphatic rings. The minimum atomic E-state index is -0.146. The summed E-state index contributed by atoms with van der Waals surface area (Å²) in [4.78, 5) is 24.9. The largest absolute Gasteiger partial charge is 0.490 e. The van der Waals surface area contributed by atoms with Crippen molar-refractivity contribution in [2.75, 3.05) is 23.8 Å². The molecule has 0 saturated heterocycles. The molecule has 30 heavy (non-hydrogen) atoms. The quantitative estimate of drug-likeness (QED) is 0.439. The molecule has 2 N–H and O–H groups in total. The Bertz CT molecular complexity index is 956. The Morgan fingerprint density at radius 1 is 0.867 bits per heavy atom. The Labute approximate surface area is 179 Å². The summed E-state index contributed by atoms with van der Waals surface area (Å²) in [6.07, 6.45) is 0.926. The van der Waals surface area contributed by atoms with E-state index >= 15 is 0 Å². The van der Waals surface area contributed by atoms with Gasteiger partial charge in [-0.15, -0.1) is 11.3 Å². The maximum Gasteiger partial charge on any atom is 0.265 e. The van der Waals surface area contributed by atoms with E-state index in [2.05, 4.69) is 10.6 Å². The number of amides is 2. The number of ether oxygens (including phenoxy) is 2. The summed E-state index contributed by atoms with van der Waals surface area (Å²) in [5, 5.41) is 7.54. The summed E-state index contributed by atoms with van der Waals surface area (Å²) in [5.41, 5.74) is 1.35. The molecule has 0 spiro atoms. The van der Waals surface area contributed by atoms with Crippen molar-refractivity contribution in [3.8, 4) is 11.5 Å². The van der Waals surface area contributed by atoms with Crippen molar-refractivity contribution in [3.05, 3.63) is 70.9 Å². The van der Waals surface area contributed by atoms with Gasteiger partial charge in [0.25, 0.3) is 5.91 Å². The van der Waals surface area contributed by atoms with Gasteiger partial charge < -0.3 is 20.1 Å². The second-order valence-corrected chi connectivity index (χ2v) is 7.34. The molecule has 0 bridgehead atoms. The van der Waals surface area contributed by atoms with Crippen LogP contribution in [0.15, 0.2) is 66.0 Å². The van der Waals surface area contributed by atoms with E-state index in [0.717, 1.165) is 0 Å². The van der Waals surface area contributed by atoms with Crippen LogP contribution >= 0.6 is 11.3 Å². The van der Waals surface area contributed by atoms with Gasteiger partial charge in [0.05, 0.1) is 18.1 Å². The Morgan fingerprint density at radius 2 is 1.53 bits per heavy atom. The number of thiophene rings is 1. The van der Waals surface area contributed by atoms with Gasteiger partial charge >= 0.3 is 0 Å². The predicted molar refractivity (Wildman–Crippen MR) is 120 cm³/mol. The van der Waals surface area contributed by atoms with Crippen LogP contribution in [0.2, 0.25) is 0 Å². The Kier molecular flexibility index (Phi) is 7.86. The summed E-state index contributed by atoms with van der Waals surface area (Å²) in [7, 11) is 0. The van der Waals surface area contributed by atoms with Gasteiger partial charge in [0.1, 0.15) is 0 Å². The number of anilines is 2. The first kappa shape index (κ1) is 21.4. The molecule has 0 saturated carbocycles. The normalized spacial score (nSPS) is 10.3. The molecule has 7 heteroatoms. The summed E-state index contributed by atoms with van der Waals surface area (Å²) >= 11 is 1.39. The van der Waals surface area contributed by atoms with E-state index in [0.29, 0.717) is 53.8 Å². The molecule has 3 aromatic rings. The molecular formula is C23H24N2O4S. The summed E-state index contributed by atoms with van der Waals surface area (Å²) in [6.45, 7) is 2.91. The average molecular weight is 425 g/mol. The summed E-state index contributed by atoms with van der Waals surface area (Å²) in [6, 6.07) is 18.1. The zero-order valence-corrected chi connectivity index (χ0v) is 17.5. The molecule has 3 rings (SSSR count). The van der Waals surface area contributed by atoms with Crippen LogP contribution in [0, 0.1) is 0 Å². The van der Waals surface area contributed by atoms with Crippen LogP contribution in [0.4, 0.5) is 11.4 Å². The van der Waals surface area contributed by atoms with Gasteiger partial charge in [0.2, 0.25) is 5.91 Å². The highest BCUT2D eigenvalue weighted by Crippen LogP contribution is 2.26. The fraction of sp³-hybridized carbons (Fsp3) is 0.217. The number of hydrogen-bond acceptors (Lipinski definition) is 5. The standard InChI is InChI=1S/C23H24N2O4S/c1-2-28-19-7-3-4-8-20(19)29-15-5-10-22(26)24-17-11-13-18(14-12-17)25-23(27)21-9-6-16-30-21/h3-4,6-9,11-14,16H,2,5,10,15H2,1H3,(H,24,26)(H,25,27). The average Bonchev–Trinajstić information content (AvgIpc) is 3.29. The van der Waals surface area contributed by atoms with Gasteiger partial charge in [-0.25, -0.2) is 0 Å². The van der Waals surface area contributed by atoms with Crippen molar-refractivity contribution < 1.29 is 19.1 Å². The molecule has 0 fully saturated rings. The van der Waals surface area contributed by atoms with E-state index in [1.54, 1.807) is 30.3 Å².